The summed E-state index contributed by atoms with van der Waals surface area (Å²) in [5.41, 5.74) is 0.879. The van der Waals surface area contributed by atoms with Crippen molar-refractivity contribution in [2.24, 2.45) is 5.92 Å². The molecule has 1 aliphatic heterocycles. The van der Waals surface area contributed by atoms with Crippen molar-refractivity contribution in [1.29, 1.82) is 0 Å². The third kappa shape index (κ3) is 4.04. The van der Waals surface area contributed by atoms with E-state index in [0.717, 1.165) is 25.1 Å². The number of carbonyl (C=O) groups excluding carboxylic acids is 2. The van der Waals surface area contributed by atoms with Crippen LogP contribution in [0.1, 0.15) is 12.8 Å². The first kappa shape index (κ1) is 15.5. The first-order valence-electron chi connectivity index (χ1n) is 7.23. The minimum absolute atomic E-state index is 0.0340. The van der Waals surface area contributed by atoms with Crippen LogP contribution in [-0.4, -0.2) is 50.6 Å². The van der Waals surface area contributed by atoms with Gasteiger partial charge in [-0.15, -0.1) is 0 Å². The standard InChI is InChI=1S/C16H22N2O3/c1-17(14-8-4-3-5-9-14)15(19)12-18-10-6-7-13(11-18)16(20)21-2/h3-5,8-9,13H,6-7,10-12H2,1-2H3/t13-/m0/s1. The van der Waals surface area contributed by atoms with Gasteiger partial charge in [0.2, 0.25) is 5.91 Å². The fourth-order valence-electron chi connectivity index (χ4n) is 2.65. The number of amides is 1. The van der Waals surface area contributed by atoms with Crippen LogP contribution in [0.2, 0.25) is 0 Å². The van der Waals surface area contributed by atoms with Crippen molar-refractivity contribution in [3.05, 3.63) is 30.3 Å². The molecule has 1 aromatic carbocycles. The van der Waals surface area contributed by atoms with Gasteiger partial charge < -0.3 is 9.64 Å². The van der Waals surface area contributed by atoms with E-state index in [1.165, 1.54) is 7.11 Å². The highest BCUT2D eigenvalue weighted by Crippen LogP contribution is 2.18. The third-order valence-electron chi connectivity index (χ3n) is 3.92. The second-order valence-corrected chi connectivity index (χ2v) is 5.39. The van der Waals surface area contributed by atoms with E-state index in [4.69, 9.17) is 4.74 Å². The number of ether oxygens (including phenoxy) is 1. The lowest BCUT2D eigenvalue weighted by Crippen LogP contribution is -2.45. The van der Waals surface area contributed by atoms with Crippen molar-refractivity contribution < 1.29 is 14.3 Å². The number of likely N-dealkylation sites (tertiary alicyclic amines) is 1. The molecule has 0 spiro atoms. The van der Waals surface area contributed by atoms with Crippen LogP contribution in [-0.2, 0) is 14.3 Å². The molecular weight excluding hydrogens is 268 g/mol. The van der Waals surface area contributed by atoms with E-state index >= 15 is 0 Å². The van der Waals surface area contributed by atoms with Crippen molar-refractivity contribution in [2.45, 2.75) is 12.8 Å². The van der Waals surface area contributed by atoms with Crippen molar-refractivity contribution in [2.75, 3.05) is 38.7 Å². The molecule has 1 amide bonds. The highest BCUT2D eigenvalue weighted by molar-refractivity contribution is 5.94. The number of likely N-dealkylation sites (N-methyl/N-ethyl adjacent to an activating group) is 1. The van der Waals surface area contributed by atoms with E-state index in [9.17, 15) is 9.59 Å². The Morgan fingerprint density at radius 2 is 2.05 bits per heavy atom. The van der Waals surface area contributed by atoms with E-state index in [-0.39, 0.29) is 17.8 Å². The summed E-state index contributed by atoms with van der Waals surface area (Å²) in [6, 6.07) is 9.56. The number of piperidine rings is 1. The lowest BCUT2D eigenvalue weighted by molar-refractivity contribution is -0.147. The molecule has 0 saturated carbocycles. The monoisotopic (exact) mass is 290 g/mol. The summed E-state index contributed by atoms with van der Waals surface area (Å²) in [7, 11) is 3.19. The highest BCUT2D eigenvalue weighted by Gasteiger charge is 2.28. The Bertz CT molecular complexity index is 490. The van der Waals surface area contributed by atoms with Crippen molar-refractivity contribution in [1.82, 2.24) is 4.90 Å². The maximum Gasteiger partial charge on any atom is 0.309 e. The predicted octanol–water partition coefficient (Wildman–Crippen LogP) is 1.53. The second-order valence-electron chi connectivity index (χ2n) is 5.39. The Hall–Kier alpha value is -1.88. The quantitative estimate of drug-likeness (QED) is 0.789. The molecule has 0 radical (unpaired) electrons. The SMILES string of the molecule is COC(=O)[C@H]1CCCN(CC(=O)N(C)c2ccccc2)C1. The van der Waals surface area contributed by atoms with Crippen LogP contribution in [0.15, 0.2) is 30.3 Å². The zero-order valence-electron chi connectivity index (χ0n) is 12.6. The molecule has 1 fully saturated rings. The fourth-order valence-corrected chi connectivity index (χ4v) is 2.65. The fraction of sp³-hybridized carbons (Fsp3) is 0.500. The maximum atomic E-state index is 12.3. The van der Waals surface area contributed by atoms with E-state index < -0.39 is 0 Å². The van der Waals surface area contributed by atoms with Crippen LogP contribution in [0.25, 0.3) is 0 Å². The molecule has 1 aromatic rings. The summed E-state index contributed by atoms with van der Waals surface area (Å²) in [6.07, 6.45) is 1.76. The molecule has 5 nitrogen and oxygen atoms in total. The van der Waals surface area contributed by atoms with Crippen molar-refractivity contribution >= 4 is 17.6 Å². The Balaban J connectivity index is 1.91. The first-order chi connectivity index (χ1) is 10.1. The van der Waals surface area contributed by atoms with Gasteiger partial charge in [0.15, 0.2) is 0 Å². The molecule has 0 unspecified atom stereocenters. The number of rotatable bonds is 4. The van der Waals surface area contributed by atoms with Crippen LogP contribution in [0.4, 0.5) is 5.69 Å². The van der Waals surface area contributed by atoms with Gasteiger partial charge >= 0.3 is 5.97 Å². The molecule has 114 valence electrons. The zero-order valence-corrected chi connectivity index (χ0v) is 12.6. The Morgan fingerprint density at radius 1 is 1.33 bits per heavy atom. The van der Waals surface area contributed by atoms with Crippen LogP contribution in [0.5, 0.6) is 0 Å². The van der Waals surface area contributed by atoms with Crippen LogP contribution in [0.3, 0.4) is 0 Å². The number of nitrogens with zero attached hydrogens (tertiary/aromatic N) is 2. The van der Waals surface area contributed by atoms with Crippen LogP contribution >= 0.6 is 0 Å². The maximum absolute atomic E-state index is 12.3. The van der Waals surface area contributed by atoms with Gasteiger partial charge in [0.1, 0.15) is 0 Å². The van der Waals surface area contributed by atoms with Gasteiger partial charge in [0.05, 0.1) is 19.6 Å². The van der Waals surface area contributed by atoms with Gasteiger partial charge in [-0.2, -0.15) is 0 Å². The largest absolute Gasteiger partial charge is 0.469 e. The number of para-hydroxylation sites is 1. The Morgan fingerprint density at radius 3 is 2.71 bits per heavy atom. The summed E-state index contributed by atoms with van der Waals surface area (Å²) in [4.78, 5) is 27.6. The molecule has 1 aliphatic rings. The molecule has 2 rings (SSSR count). The summed E-state index contributed by atoms with van der Waals surface area (Å²) in [5, 5.41) is 0. The minimum atomic E-state index is -0.177. The summed E-state index contributed by atoms with van der Waals surface area (Å²) in [5.74, 6) is -0.256. The molecular formula is C16H22N2O3. The number of esters is 1. The first-order valence-corrected chi connectivity index (χ1v) is 7.23. The van der Waals surface area contributed by atoms with Crippen LogP contribution < -0.4 is 4.90 Å². The molecule has 0 bridgehead atoms. The van der Waals surface area contributed by atoms with Gasteiger partial charge in [0, 0.05) is 19.3 Å². The Labute approximate surface area is 125 Å². The molecule has 5 heteroatoms. The normalized spacial score (nSPS) is 19.0. The molecule has 1 atom stereocenters. The summed E-state index contributed by atoms with van der Waals surface area (Å²) in [6.45, 7) is 1.78. The molecule has 1 heterocycles. The predicted molar refractivity (Wildman–Crippen MR) is 81.0 cm³/mol. The van der Waals surface area contributed by atoms with Gasteiger partial charge in [-0.05, 0) is 31.5 Å². The van der Waals surface area contributed by atoms with Gasteiger partial charge in [-0.25, -0.2) is 0 Å². The number of benzene rings is 1. The molecule has 0 N–H and O–H groups in total. The zero-order chi connectivity index (χ0) is 15.2. The summed E-state index contributed by atoms with van der Waals surface area (Å²) < 4.78 is 4.80. The second kappa shape index (κ2) is 7.22. The number of methoxy groups -OCH3 is 1. The van der Waals surface area contributed by atoms with Crippen molar-refractivity contribution in [3.63, 3.8) is 0 Å². The lowest BCUT2D eigenvalue weighted by atomic mass is 9.98. The van der Waals surface area contributed by atoms with Gasteiger partial charge in [-0.1, -0.05) is 18.2 Å². The molecule has 1 saturated heterocycles. The van der Waals surface area contributed by atoms with Crippen molar-refractivity contribution in [3.8, 4) is 0 Å². The van der Waals surface area contributed by atoms with E-state index in [2.05, 4.69) is 0 Å². The highest BCUT2D eigenvalue weighted by atomic mass is 16.5. The number of hydrogen-bond acceptors (Lipinski definition) is 4. The summed E-state index contributed by atoms with van der Waals surface area (Å²) >= 11 is 0. The van der Waals surface area contributed by atoms with E-state index in [0.29, 0.717) is 13.1 Å². The molecule has 0 aliphatic carbocycles. The molecule has 0 aromatic heterocycles. The lowest BCUT2D eigenvalue weighted by Gasteiger charge is -2.31. The minimum Gasteiger partial charge on any atom is -0.469 e. The topological polar surface area (TPSA) is 49.9 Å². The third-order valence-corrected chi connectivity index (χ3v) is 3.92. The number of carbonyl (C=O) groups is 2. The molecule has 21 heavy (non-hydrogen) atoms. The smallest absolute Gasteiger partial charge is 0.309 e. The number of hydrogen-bond donors (Lipinski definition) is 0. The van der Waals surface area contributed by atoms with E-state index in [1.54, 1.807) is 11.9 Å². The van der Waals surface area contributed by atoms with Gasteiger partial charge in [0.25, 0.3) is 0 Å². The average molecular weight is 290 g/mol. The van der Waals surface area contributed by atoms with Gasteiger partial charge in [-0.3, -0.25) is 14.5 Å². The number of anilines is 1. The average Bonchev–Trinajstić information content (AvgIpc) is 2.54. The van der Waals surface area contributed by atoms with E-state index in [1.807, 2.05) is 35.2 Å². The van der Waals surface area contributed by atoms with Crippen LogP contribution in [0, 0.1) is 5.92 Å². The Kier molecular flexibility index (Phi) is 5.33.